The van der Waals surface area contributed by atoms with E-state index in [2.05, 4.69) is 72.9 Å². The van der Waals surface area contributed by atoms with Crippen molar-refractivity contribution >= 4 is 29.0 Å². The lowest BCUT2D eigenvalue weighted by Gasteiger charge is -2.43. The maximum atomic E-state index is 16.0. The van der Waals surface area contributed by atoms with Crippen LogP contribution in [0.25, 0.3) is 5.57 Å². The topological polar surface area (TPSA) is 140 Å². The molecule has 4 aliphatic rings. The number of nitrogens with zero attached hydrogens (tertiary/aromatic N) is 3. The maximum absolute atomic E-state index is 16.0. The fourth-order valence-corrected chi connectivity index (χ4v) is 10.1. The van der Waals surface area contributed by atoms with Gasteiger partial charge in [0.1, 0.15) is 30.0 Å². The van der Waals surface area contributed by atoms with Crippen molar-refractivity contribution in [3.63, 3.8) is 0 Å². The highest BCUT2D eigenvalue weighted by Crippen LogP contribution is 2.43. The molecule has 4 aliphatic heterocycles. The van der Waals surface area contributed by atoms with Crippen molar-refractivity contribution in [1.82, 2.24) is 31.1 Å². The van der Waals surface area contributed by atoms with Crippen LogP contribution in [0.15, 0.2) is 60.8 Å². The van der Waals surface area contributed by atoms with Crippen molar-refractivity contribution in [2.24, 2.45) is 23.2 Å². The number of nitrogens with one attached hydrogen (secondary N) is 4. The van der Waals surface area contributed by atoms with Gasteiger partial charge in [-0.25, -0.2) is 0 Å². The summed E-state index contributed by atoms with van der Waals surface area (Å²) >= 11 is 6.28. The molecule has 3 fully saturated rings. The molecule has 3 aromatic rings. The molecule has 0 saturated carbocycles. The van der Waals surface area contributed by atoms with Crippen LogP contribution in [0.5, 0.6) is 23.0 Å². The van der Waals surface area contributed by atoms with Crippen LogP contribution in [0.1, 0.15) is 89.8 Å². The quantitative estimate of drug-likeness (QED) is 0.106. The van der Waals surface area contributed by atoms with E-state index in [1.807, 2.05) is 18.3 Å². The van der Waals surface area contributed by atoms with E-state index >= 15 is 4.39 Å². The van der Waals surface area contributed by atoms with E-state index in [0.717, 1.165) is 81.3 Å². The predicted octanol–water partition coefficient (Wildman–Crippen LogP) is 7.85. The first-order chi connectivity index (χ1) is 30.8. The number of ether oxygens (including phenoxy) is 3. The number of likely N-dealkylation sites (tertiary alicyclic amines) is 1. The minimum atomic E-state index is -0.534. The molecule has 0 spiro atoms. The molecule has 0 aromatic heterocycles. The second kappa shape index (κ2) is 21.1. The summed E-state index contributed by atoms with van der Waals surface area (Å²) < 4.78 is 34.8. The van der Waals surface area contributed by atoms with E-state index in [1.54, 1.807) is 48.3 Å². The van der Waals surface area contributed by atoms with Crippen LogP contribution in [-0.2, 0) is 16.0 Å². The van der Waals surface area contributed by atoms with Gasteiger partial charge in [-0.15, -0.1) is 0 Å². The van der Waals surface area contributed by atoms with Gasteiger partial charge in [-0.05, 0) is 105 Å². The van der Waals surface area contributed by atoms with Gasteiger partial charge < -0.3 is 29.7 Å². The average molecular weight is 899 g/mol. The van der Waals surface area contributed by atoms with E-state index in [1.165, 1.54) is 0 Å². The van der Waals surface area contributed by atoms with Crippen LogP contribution < -0.4 is 35.5 Å². The molecule has 0 bridgehead atoms. The summed E-state index contributed by atoms with van der Waals surface area (Å²) in [6, 6.07) is 17.8. The third-order valence-corrected chi connectivity index (χ3v) is 14.2. The fraction of sp³-hybridized carbons (Fsp3) is 0.540. The summed E-state index contributed by atoms with van der Waals surface area (Å²) in [7, 11) is 1.78. The minimum absolute atomic E-state index is 0.0126. The Morgan fingerprint density at radius 2 is 1.75 bits per heavy atom. The SMILES string of the molecule is CCc1ccc(Oc2cccc(OCCC3CCN(C4NCC(C(=O)N[C@@H](CC)C(C)(C)[C@H](CC)Oc5ccc(C#N)c(Cl)c5)CN4)CC3)c2F)c(C2=CN(C)C(=O)C3NCCC23)c1. The predicted molar refractivity (Wildman–Crippen MR) is 248 cm³/mol. The Morgan fingerprint density at radius 3 is 2.44 bits per heavy atom. The van der Waals surface area contributed by atoms with Crippen molar-refractivity contribution in [2.45, 2.75) is 104 Å². The molecule has 3 saturated heterocycles. The van der Waals surface area contributed by atoms with Crippen LogP contribution in [0.3, 0.4) is 0 Å². The van der Waals surface area contributed by atoms with E-state index in [4.69, 9.17) is 25.8 Å². The van der Waals surface area contributed by atoms with Crippen molar-refractivity contribution < 1.29 is 28.2 Å². The van der Waals surface area contributed by atoms with Gasteiger partial charge in [0.15, 0.2) is 11.5 Å². The summed E-state index contributed by atoms with van der Waals surface area (Å²) in [5, 5.41) is 23.5. The van der Waals surface area contributed by atoms with Crippen LogP contribution in [-0.4, -0.2) is 92.5 Å². The fourth-order valence-electron chi connectivity index (χ4n) is 9.91. The van der Waals surface area contributed by atoms with Crippen molar-refractivity contribution in [3.05, 3.63) is 88.3 Å². The molecule has 0 radical (unpaired) electrons. The molecule has 2 unspecified atom stereocenters. The molecule has 2 amide bonds. The zero-order chi connectivity index (χ0) is 45.5. The Balaban J connectivity index is 0.865. The van der Waals surface area contributed by atoms with Gasteiger partial charge >= 0.3 is 0 Å². The molecule has 64 heavy (non-hydrogen) atoms. The van der Waals surface area contributed by atoms with Gasteiger partial charge in [0.25, 0.3) is 0 Å². The van der Waals surface area contributed by atoms with E-state index in [9.17, 15) is 14.9 Å². The molecule has 344 valence electrons. The van der Waals surface area contributed by atoms with Gasteiger partial charge in [-0.2, -0.15) is 9.65 Å². The zero-order valence-electron chi connectivity index (χ0n) is 38.1. The lowest BCUT2D eigenvalue weighted by atomic mass is 9.76. The molecule has 0 aliphatic carbocycles. The number of carbonyl (C=O) groups is 2. The third kappa shape index (κ3) is 10.5. The molecule has 12 nitrogen and oxygen atoms in total. The number of hydrogen-bond donors (Lipinski definition) is 4. The number of rotatable bonds is 17. The molecular weight excluding hydrogens is 833 g/mol. The molecular formula is C50H65ClFN7O5. The number of benzene rings is 3. The Hall–Kier alpha value is -4.71. The number of hydrogen-bond acceptors (Lipinski definition) is 10. The molecule has 3 aromatic carbocycles. The molecule has 7 rings (SSSR count). The van der Waals surface area contributed by atoms with E-state index in [-0.39, 0.29) is 59.6 Å². The summed E-state index contributed by atoms with van der Waals surface area (Å²) in [4.78, 5) is 30.6. The highest BCUT2D eigenvalue weighted by Gasteiger charge is 2.42. The number of likely N-dealkylation sites (N-methyl/N-ethyl adjacent to an activating group) is 1. The minimum Gasteiger partial charge on any atom is -0.490 e. The molecule has 4 N–H and O–H groups in total. The molecule has 4 heterocycles. The number of aryl methyl sites for hydroxylation is 1. The van der Waals surface area contributed by atoms with Gasteiger partial charge in [0.05, 0.1) is 29.2 Å². The third-order valence-electron chi connectivity index (χ3n) is 13.9. The van der Waals surface area contributed by atoms with Crippen LogP contribution in [0.4, 0.5) is 4.39 Å². The number of amides is 2. The summed E-state index contributed by atoms with van der Waals surface area (Å²) in [5.74, 6) is 1.20. The first-order valence-electron chi connectivity index (χ1n) is 23.2. The van der Waals surface area contributed by atoms with Gasteiger partial charge in [0, 0.05) is 68.4 Å². The average Bonchev–Trinajstić information content (AvgIpc) is 3.81. The van der Waals surface area contributed by atoms with Gasteiger partial charge in [-0.1, -0.05) is 58.4 Å². The first-order valence-corrected chi connectivity index (χ1v) is 23.5. The Kier molecular flexibility index (Phi) is 15.6. The van der Waals surface area contributed by atoms with Crippen molar-refractivity contribution in [3.8, 4) is 29.1 Å². The highest BCUT2D eigenvalue weighted by atomic mass is 35.5. The second-order valence-electron chi connectivity index (χ2n) is 18.3. The van der Waals surface area contributed by atoms with E-state index < -0.39 is 11.2 Å². The smallest absolute Gasteiger partial charge is 0.244 e. The normalized spacial score (nSPS) is 22.8. The maximum Gasteiger partial charge on any atom is 0.244 e. The number of nitriles is 1. The number of fused-ring (bicyclic) bond motifs is 1. The lowest BCUT2D eigenvalue weighted by Crippen LogP contribution is -2.64. The molecule has 4 atom stereocenters. The van der Waals surface area contributed by atoms with Crippen molar-refractivity contribution in [2.75, 3.05) is 46.4 Å². The summed E-state index contributed by atoms with van der Waals surface area (Å²) in [6.45, 7) is 14.6. The number of piperidine rings is 1. The zero-order valence-corrected chi connectivity index (χ0v) is 38.9. The first kappa shape index (κ1) is 47.3. The Morgan fingerprint density at radius 1 is 1.00 bits per heavy atom. The van der Waals surface area contributed by atoms with Crippen LogP contribution in [0.2, 0.25) is 5.02 Å². The van der Waals surface area contributed by atoms with Crippen molar-refractivity contribution in [1.29, 1.82) is 5.26 Å². The van der Waals surface area contributed by atoms with Crippen LogP contribution >= 0.6 is 11.6 Å². The lowest BCUT2D eigenvalue weighted by molar-refractivity contribution is -0.130. The summed E-state index contributed by atoms with van der Waals surface area (Å²) in [5.41, 5.74) is 3.04. The van der Waals surface area contributed by atoms with E-state index in [0.29, 0.717) is 47.7 Å². The van der Waals surface area contributed by atoms with Gasteiger partial charge in [-0.3, -0.25) is 25.1 Å². The standard InChI is InChI=1S/C50H65ClFN7O5/c1-7-31-13-16-40(37(25-31)38-30-58(6)48(61)46-36(38)17-21-54-46)64-42-12-10-11-41(45(42)52)62-24-20-32-18-22-59(23-19-32)49-55-28-34(29-56-49)47(60)57-43(8-2)50(4,5)44(9-3)63-35-15-14-33(27-53)39(51)26-35/h10-16,25-26,30,32,34,36,43-44,46,49,54-56H,7-9,17-24,28-29H2,1-6H3,(H,57,60)/t34?,36?,43-,44-,46?,49?/m0/s1. The Labute approximate surface area is 383 Å². The number of halogens is 2. The highest BCUT2D eigenvalue weighted by molar-refractivity contribution is 6.31. The largest absolute Gasteiger partial charge is 0.490 e. The van der Waals surface area contributed by atoms with Gasteiger partial charge in [0.2, 0.25) is 17.6 Å². The number of carbonyl (C=O) groups excluding carboxylic acids is 2. The van der Waals surface area contributed by atoms with Crippen LogP contribution in [0, 0.1) is 40.3 Å². The second-order valence-corrected chi connectivity index (χ2v) is 18.7. The monoisotopic (exact) mass is 897 g/mol. The summed E-state index contributed by atoms with van der Waals surface area (Å²) in [6.07, 6.45) is 7.65. The molecule has 14 heteroatoms. The Bertz CT molecular complexity index is 2200.